The monoisotopic (exact) mass is 446 g/mol. The number of non-ortho nitro benzene ring substituents is 1. The van der Waals surface area contributed by atoms with Crippen molar-refractivity contribution in [2.45, 2.75) is 39.3 Å². The number of nitrogens with zero attached hydrogens (tertiary/aromatic N) is 3. The molecule has 0 aromatic heterocycles. The van der Waals surface area contributed by atoms with Gasteiger partial charge in [0.25, 0.3) is 5.69 Å². The molecule has 0 spiro atoms. The lowest BCUT2D eigenvalue weighted by Gasteiger charge is -2.30. The third-order valence-corrected chi connectivity index (χ3v) is 4.20. The Kier molecular flexibility index (Phi) is 7.57. The molecular formula is C20H22N4O8. The summed E-state index contributed by atoms with van der Waals surface area (Å²) in [6.07, 6.45) is -1.40. The standard InChI is InChI=1S/C20H22N4O8/c1-4-13-9-17(21)16(19(31-11(2)25)20(27,28)32-12(3)26)10-18(13)23-22-14-5-7-15(8-6-14)24(29)30/h5-10,19,27-28H,4,21H2,1-3H3. The van der Waals surface area contributed by atoms with Crippen molar-refractivity contribution in [2.24, 2.45) is 10.2 Å². The Labute approximate surface area is 182 Å². The predicted molar refractivity (Wildman–Crippen MR) is 111 cm³/mol. The number of nitrogens with two attached hydrogens (primary N) is 1. The van der Waals surface area contributed by atoms with Gasteiger partial charge in [0, 0.05) is 37.2 Å². The Hall–Kier alpha value is -3.90. The fraction of sp³-hybridized carbons (Fsp3) is 0.300. The van der Waals surface area contributed by atoms with Crippen LogP contribution in [0.5, 0.6) is 0 Å². The number of aliphatic hydroxyl groups is 2. The average Bonchev–Trinajstić information content (AvgIpc) is 2.70. The van der Waals surface area contributed by atoms with E-state index in [1.54, 1.807) is 0 Å². The molecule has 4 N–H and O–H groups in total. The highest BCUT2D eigenvalue weighted by atomic mass is 16.8. The SMILES string of the molecule is CCc1cc(N)c(C(OC(C)=O)C(O)(O)OC(C)=O)cc1N=Nc1ccc([N+](=O)[O-])cc1. The zero-order chi connectivity index (χ0) is 24.1. The molecule has 0 aliphatic rings. The van der Waals surface area contributed by atoms with Crippen molar-refractivity contribution in [1.82, 2.24) is 0 Å². The maximum absolute atomic E-state index is 11.5. The topological polar surface area (TPSA) is 187 Å². The minimum absolute atomic E-state index is 0.0296. The van der Waals surface area contributed by atoms with Crippen molar-refractivity contribution < 1.29 is 34.2 Å². The number of ether oxygens (including phenoxy) is 2. The van der Waals surface area contributed by atoms with Crippen LogP contribution in [-0.4, -0.2) is 33.0 Å². The van der Waals surface area contributed by atoms with Crippen molar-refractivity contribution in [3.63, 3.8) is 0 Å². The number of azo groups is 1. The van der Waals surface area contributed by atoms with Crippen molar-refractivity contribution in [3.05, 3.63) is 57.6 Å². The zero-order valence-corrected chi connectivity index (χ0v) is 17.5. The molecule has 0 saturated carbocycles. The van der Waals surface area contributed by atoms with E-state index >= 15 is 0 Å². The van der Waals surface area contributed by atoms with Crippen molar-refractivity contribution in [3.8, 4) is 0 Å². The van der Waals surface area contributed by atoms with Gasteiger partial charge in [-0.3, -0.25) is 19.7 Å². The van der Waals surface area contributed by atoms with Crippen LogP contribution < -0.4 is 5.73 Å². The molecule has 0 saturated heterocycles. The second-order valence-electron chi connectivity index (χ2n) is 6.68. The molecule has 0 heterocycles. The number of rotatable bonds is 8. The van der Waals surface area contributed by atoms with Gasteiger partial charge in [-0.2, -0.15) is 10.2 Å². The molecule has 12 nitrogen and oxygen atoms in total. The fourth-order valence-corrected chi connectivity index (χ4v) is 2.80. The van der Waals surface area contributed by atoms with Gasteiger partial charge >= 0.3 is 17.9 Å². The van der Waals surface area contributed by atoms with Crippen LogP contribution in [0.4, 0.5) is 22.7 Å². The van der Waals surface area contributed by atoms with Crippen molar-refractivity contribution in [1.29, 1.82) is 0 Å². The number of hydrogen-bond donors (Lipinski definition) is 3. The van der Waals surface area contributed by atoms with Crippen LogP contribution in [0.1, 0.15) is 38.0 Å². The number of benzene rings is 2. The van der Waals surface area contributed by atoms with Crippen molar-refractivity contribution >= 4 is 34.7 Å². The number of hydrogen-bond acceptors (Lipinski definition) is 11. The van der Waals surface area contributed by atoms with Gasteiger partial charge in [0.1, 0.15) is 0 Å². The maximum Gasteiger partial charge on any atom is 0.368 e. The van der Waals surface area contributed by atoms with E-state index < -0.39 is 28.9 Å². The number of nitro groups is 1. The third kappa shape index (κ3) is 6.06. The largest absolute Gasteiger partial charge is 0.447 e. The normalized spacial score (nSPS) is 12.4. The molecule has 2 aromatic carbocycles. The third-order valence-electron chi connectivity index (χ3n) is 4.20. The van der Waals surface area contributed by atoms with Crippen LogP contribution in [0.2, 0.25) is 0 Å². The first-order valence-corrected chi connectivity index (χ1v) is 9.34. The summed E-state index contributed by atoms with van der Waals surface area (Å²) >= 11 is 0. The van der Waals surface area contributed by atoms with Gasteiger partial charge in [0.05, 0.1) is 16.3 Å². The summed E-state index contributed by atoms with van der Waals surface area (Å²) < 4.78 is 9.47. The zero-order valence-electron chi connectivity index (χ0n) is 17.5. The Bertz CT molecular complexity index is 1050. The van der Waals surface area contributed by atoms with Crippen LogP contribution in [0.15, 0.2) is 46.6 Å². The van der Waals surface area contributed by atoms with Gasteiger partial charge in [-0.25, -0.2) is 0 Å². The Morgan fingerprint density at radius 1 is 1.16 bits per heavy atom. The fourth-order valence-electron chi connectivity index (χ4n) is 2.80. The smallest absolute Gasteiger partial charge is 0.368 e. The number of carbonyl (C=O) groups excluding carboxylic acids is 2. The highest BCUT2D eigenvalue weighted by Crippen LogP contribution is 2.38. The van der Waals surface area contributed by atoms with Gasteiger partial charge in [-0.05, 0) is 36.2 Å². The second-order valence-corrected chi connectivity index (χ2v) is 6.68. The number of nitrogen functional groups attached to an aromatic ring is 1. The highest BCUT2D eigenvalue weighted by molar-refractivity contribution is 5.69. The number of anilines is 1. The first kappa shape index (κ1) is 24.4. The summed E-state index contributed by atoms with van der Waals surface area (Å²) in [5.74, 6) is -5.12. The predicted octanol–water partition coefficient (Wildman–Crippen LogP) is 2.96. The molecule has 32 heavy (non-hydrogen) atoms. The molecule has 2 rings (SSSR count). The van der Waals surface area contributed by atoms with E-state index in [1.807, 2.05) is 6.92 Å². The van der Waals surface area contributed by atoms with E-state index in [0.717, 1.165) is 13.8 Å². The first-order valence-electron chi connectivity index (χ1n) is 9.34. The molecule has 170 valence electrons. The van der Waals surface area contributed by atoms with Crippen LogP contribution in [-0.2, 0) is 25.5 Å². The summed E-state index contributed by atoms with van der Waals surface area (Å²) in [7, 11) is 0. The minimum atomic E-state index is -3.20. The Balaban J connectivity index is 2.52. The molecule has 0 aliphatic heterocycles. The van der Waals surface area contributed by atoms with Crippen LogP contribution >= 0.6 is 0 Å². The summed E-state index contributed by atoms with van der Waals surface area (Å²) in [6.45, 7) is 3.80. The Morgan fingerprint density at radius 2 is 1.78 bits per heavy atom. The lowest BCUT2D eigenvalue weighted by molar-refractivity contribution is -0.384. The molecule has 0 amide bonds. The van der Waals surface area contributed by atoms with Crippen LogP contribution in [0.3, 0.4) is 0 Å². The lowest BCUT2D eigenvalue weighted by atomic mass is 9.99. The van der Waals surface area contributed by atoms with E-state index in [2.05, 4.69) is 15.0 Å². The summed E-state index contributed by atoms with van der Waals surface area (Å²) in [5.41, 5.74) is 7.09. The Morgan fingerprint density at radius 3 is 2.28 bits per heavy atom. The molecule has 1 unspecified atom stereocenters. The van der Waals surface area contributed by atoms with Gasteiger partial charge in [0.15, 0.2) is 0 Å². The van der Waals surface area contributed by atoms with Crippen molar-refractivity contribution in [2.75, 3.05) is 5.73 Å². The van der Waals surface area contributed by atoms with E-state index in [0.29, 0.717) is 17.7 Å². The van der Waals surface area contributed by atoms with Gasteiger partial charge < -0.3 is 25.4 Å². The molecule has 2 aromatic rings. The highest BCUT2D eigenvalue weighted by Gasteiger charge is 2.44. The number of carbonyl (C=O) groups is 2. The van der Waals surface area contributed by atoms with E-state index in [4.69, 9.17) is 10.5 Å². The van der Waals surface area contributed by atoms with Gasteiger partial charge in [-0.15, -0.1) is 0 Å². The number of nitro benzene ring substituents is 1. The molecule has 0 fully saturated rings. The average molecular weight is 446 g/mol. The molecule has 12 heteroatoms. The molecule has 0 aliphatic carbocycles. The summed E-state index contributed by atoms with van der Waals surface area (Å²) in [6, 6.07) is 8.15. The number of aryl methyl sites for hydroxylation is 1. The van der Waals surface area contributed by atoms with Gasteiger partial charge in [0.2, 0.25) is 6.10 Å². The lowest BCUT2D eigenvalue weighted by Crippen LogP contribution is -2.42. The molecule has 1 atom stereocenters. The van der Waals surface area contributed by atoms with Gasteiger partial charge in [-0.1, -0.05) is 6.92 Å². The summed E-state index contributed by atoms with van der Waals surface area (Å²) in [5, 5.41) is 39.4. The van der Waals surface area contributed by atoms with E-state index in [-0.39, 0.29) is 22.6 Å². The maximum atomic E-state index is 11.5. The second kappa shape index (κ2) is 9.94. The molecule has 0 bridgehead atoms. The number of esters is 2. The summed E-state index contributed by atoms with van der Waals surface area (Å²) in [4.78, 5) is 33.0. The first-order chi connectivity index (χ1) is 14.9. The van der Waals surface area contributed by atoms with E-state index in [1.165, 1.54) is 36.4 Å². The van der Waals surface area contributed by atoms with Crippen LogP contribution in [0, 0.1) is 10.1 Å². The quantitative estimate of drug-likeness (QED) is 0.137. The van der Waals surface area contributed by atoms with E-state index in [9.17, 15) is 29.9 Å². The molecule has 0 radical (unpaired) electrons. The minimum Gasteiger partial charge on any atom is -0.447 e. The molecular weight excluding hydrogens is 424 g/mol. The van der Waals surface area contributed by atoms with Crippen LogP contribution in [0.25, 0.3) is 0 Å².